The number of aromatic nitrogens is 4. The number of aryl methyl sites for hydroxylation is 2. The lowest BCUT2D eigenvalue weighted by molar-refractivity contribution is -0.182. The molecule has 1 aliphatic rings. The van der Waals surface area contributed by atoms with E-state index in [1.807, 2.05) is 30.5 Å². The maximum atomic E-state index is 13.0. The Morgan fingerprint density at radius 2 is 2.11 bits per heavy atom. The first-order valence-corrected chi connectivity index (χ1v) is 9.21. The fraction of sp³-hybridized carbons (Fsp3) is 0.421. The second kappa shape index (κ2) is 7.29. The van der Waals surface area contributed by atoms with Crippen LogP contribution in [0.3, 0.4) is 0 Å². The number of para-hydroxylation sites is 1. The second-order valence-electron chi connectivity index (χ2n) is 7.06. The molecular weight excluding hydrogens is 371 g/mol. The molecule has 0 aliphatic carbocycles. The molecule has 1 amide bonds. The average molecular weight is 391 g/mol. The Morgan fingerprint density at radius 3 is 2.93 bits per heavy atom. The lowest BCUT2D eigenvalue weighted by atomic mass is 9.99. The van der Waals surface area contributed by atoms with Gasteiger partial charge in [-0.1, -0.05) is 18.2 Å². The number of fused-ring (bicyclic) bond motifs is 2. The Bertz CT molecular complexity index is 991. The fourth-order valence-electron chi connectivity index (χ4n) is 3.63. The number of H-pyrrole nitrogens is 1. The van der Waals surface area contributed by atoms with Crippen molar-refractivity contribution in [1.82, 2.24) is 25.1 Å². The van der Waals surface area contributed by atoms with Gasteiger partial charge in [-0.2, -0.15) is 13.2 Å². The van der Waals surface area contributed by atoms with Crippen LogP contribution in [0.1, 0.15) is 30.1 Å². The summed E-state index contributed by atoms with van der Waals surface area (Å²) in [5.41, 5.74) is 2.07. The topological polar surface area (TPSA) is 75.6 Å². The van der Waals surface area contributed by atoms with Crippen molar-refractivity contribution in [3.05, 3.63) is 47.7 Å². The number of benzene rings is 1. The minimum absolute atomic E-state index is 0.0264. The highest BCUT2D eigenvalue weighted by Crippen LogP contribution is 2.34. The molecule has 0 bridgehead atoms. The summed E-state index contributed by atoms with van der Waals surface area (Å²) >= 11 is 0. The Labute approximate surface area is 159 Å². The van der Waals surface area contributed by atoms with Crippen molar-refractivity contribution in [1.29, 1.82) is 0 Å². The third kappa shape index (κ3) is 3.74. The number of amides is 1. The van der Waals surface area contributed by atoms with E-state index in [0.29, 0.717) is 18.1 Å². The van der Waals surface area contributed by atoms with E-state index in [9.17, 15) is 18.0 Å². The summed E-state index contributed by atoms with van der Waals surface area (Å²) in [6.45, 7) is -0.114. The molecule has 28 heavy (non-hydrogen) atoms. The molecule has 6 nitrogen and oxygen atoms in total. The molecule has 4 rings (SSSR count). The van der Waals surface area contributed by atoms with Gasteiger partial charge in [-0.3, -0.25) is 4.79 Å². The van der Waals surface area contributed by atoms with E-state index in [0.717, 1.165) is 16.5 Å². The number of aromatic amines is 1. The number of carbonyl (C=O) groups is 1. The molecule has 2 N–H and O–H groups in total. The van der Waals surface area contributed by atoms with Gasteiger partial charge in [-0.25, -0.2) is 0 Å². The molecule has 0 radical (unpaired) electrons. The van der Waals surface area contributed by atoms with Gasteiger partial charge in [0, 0.05) is 36.5 Å². The molecule has 1 atom stereocenters. The quantitative estimate of drug-likeness (QED) is 0.702. The van der Waals surface area contributed by atoms with Gasteiger partial charge >= 0.3 is 6.18 Å². The van der Waals surface area contributed by atoms with Crippen LogP contribution in [0, 0.1) is 5.92 Å². The van der Waals surface area contributed by atoms with E-state index in [-0.39, 0.29) is 38.3 Å². The molecule has 9 heteroatoms. The van der Waals surface area contributed by atoms with Crippen molar-refractivity contribution in [2.75, 3.05) is 0 Å². The predicted molar refractivity (Wildman–Crippen MR) is 96.4 cm³/mol. The van der Waals surface area contributed by atoms with Gasteiger partial charge < -0.3 is 14.9 Å². The normalized spacial score (nSPS) is 16.9. The van der Waals surface area contributed by atoms with Crippen LogP contribution in [0.25, 0.3) is 10.9 Å². The Hall–Kier alpha value is -2.84. The van der Waals surface area contributed by atoms with E-state index in [4.69, 9.17) is 0 Å². The second-order valence-corrected chi connectivity index (χ2v) is 7.06. The van der Waals surface area contributed by atoms with Gasteiger partial charge in [0.25, 0.3) is 0 Å². The molecular formula is C19H20F3N5O. The number of halogens is 3. The van der Waals surface area contributed by atoms with Crippen molar-refractivity contribution >= 4 is 16.8 Å². The minimum Gasteiger partial charge on any atom is -0.361 e. The Balaban J connectivity index is 1.34. The Kier molecular flexibility index (Phi) is 4.82. The third-order valence-corrected chi connectivity index (χ3v) is 5.23. The number of nitrogens with one attached hydrogen (secondary N) is 2. The maximum absolute atomic E-state index is 13.0. The first-order chi connectivity index (χ1) is 13.4. The summed E-state index contributed by atoms with van der Waals surface area (Å²) in [4.78, 5) is 15.4. The van der Waals surface area contributed by atoms with Gasteiger partial charge in [-0.05, 0) is 24.5 Å². The van der Waals surface area contributed by atoms with Gasteiger partial charge in [0.2, 0.25) is 5.91 Å². The summed E-state index contributed by atoms with van der Waals surface area (Å²) in [5, 5.41) is 11.8. The lowest BCUT2D eigenvalue weighted by Crippen LogP contribution is -2.34. The summed E-state index contributed by atoms with van der Waals surface area (Å²) in [6.07, 6.45) is -1.21. The van der Waals surface area contributed by atoms with Crippen molar-refractivity contribution in [3.63, 3.8) is 0 Å². The molecule has 0 spiro atoms. The van der Waals surface area contributed by atoms with Gasteiger partial charge in [0.15, 0.2) is 5.82 Å². The number of hydrogen-bond acceptors (Lipinski definition) is 3. The monoisotopic (exact) mass is 391 g/mol. The maximum Gasteiger partial charge on any atom is 0.393 e. The third-order valence-electron chi connectivity index (χ3n) is 5.23. The van der Waals surface area contributed by atoms with Gasteiger partial charge in [-0.15, -0.1) is 10.2 Å². The van der Waals surface area contributed by atoms with Crippen LogP contribution < -0.4 is 5.32 Å². The number of hydrogen-bond donors (Lipinski definition) is 2. The molecule has 1 aromatic carbocycles. The highest BCUT2D eigenvalue weighted by Gasteiger charge is 2.42. The molecule has 0 saturated carbocycles. The van der Waals surface area contributed by atoms with Crippen LogP contribution in [0.2, 0.25) is 0 Å². The van der Waals surface area contributed by atoms with Crippen LogP contribution in [-0.2, 0) is 30.7 Å². The largest absolute Gasteiger partial charge is 0.393 e. The van der Waals surface area contributed by atoms with Crippen molar-refractivity contribution in [2.45, 2.75) is 44.9 Å². The van der Waals surface area contributed by atoms with Crippen LogP contribution in [0.5, 0.6) is 0 Å². The Morgan fingerprint density at radius 1 is 1.29 bits per heavy atom. The van der Waals surface area contributed by atoms with Crippen molar-refractivity contribution < 1.29 is 18.0 Å². The molecule has 3 aromatic rings. The molecule has 2 aromatic heterocycles. The highest BCUT2D eigenvalue weighted by atomic mass is 19.4. The van der Waals surface area contributed by atoms with Crippen LogP contribution in [-0.4, -0.2) is 31.8 Å². The van der Waals surface area contributed by atoms with Crippen molar-refractivity contribution in [3.8, 4) is 0 Å². The van der Waals surface area contributed by atoms with E-state index in [1.165, 1.54) is 4.57 Å². The summed E-state index contributed by atoms with van der Waals surface area (Å²) < 4.78 is 40.5. The smallest absolute Gasteiger partial charge is 0.361 e. The molecule has 0 unspecified atom stereocenters. The first-order valence-electron chi connectivity index (χ1n) is 9.21. The summed E-state index contributed by atoms with van der Waals surface area (Å²) in [5.74, 6) is -0.661. The first kappa shape index (κ1) is 18.5. The van der Waals surface area contributed by atoms with E-state index in [1.54, 1.807) is 0 Å². The zero-order chi connectivity index (χ0) is 19.7. The van der Waals surface area contributed by atoms with Gasteiger partial charge in [0.1, 0.15) is 5.82 Å². The van der Waals surface area contributed by atoms with Crippen LogP contribution in [0.15, 0.2) is 30.5 Å². The van der Waals surface area contributed by atoms with Crippen LogP contribution >= 0.6 is 0 Å². The summed E-state index contributed by atoms with van der Waals surface area (Å²) in [7, 11) is 0. The molecule has 0 fully saturated rings. The van der Waals surface area contributed by atoms with E-state index in [2.05, 4.69) is 20.5 Å². The van der Waals surface area contributed by atoms with E-state index < -0.39 is 12.1 Å². The van der Waals surface area contributed by atoms with Crippen LogP contribution in [0.4, 0.5) is 13.2 Å². The molecule has 1 aliphatic heterocycles. The average Bonchev–Trinajstić information content (AvgIpc) is 3.27. The number of carbonyl (C=O) groups excluding carboxylic acids is 1. The standard InChI is InChI=1S/C19H20F3N5O/c20-19(21,22)13-6-7-16-25-26-17(27(16)11-13)10-24-18(28)8-5-12-9-23-15-4-2-1-3-14(12)15/h1-4,9,13,23H,5-8,10-11H2,(H,24,28)/t13-/m0/s1. The molecule has 3 heterocycles. The number of alkyl halides is 3. The van der Waals surface area contributed by atoms with Gasteiger partial charge in [0.05, 0.1) is 12.5 Å². The fourth-order valence-corrected chi connectivity index (χ4v) is 3.63. The molecule has 0 saturated heterocycles. The van der Waals surface area contributed by atoms with E-state index >= 15 is 0 Å². The zero-order valence-electron chi connectivity index (χ0n) is 15.1. The number of rotatable bonds is 5. The molecule has 148 valence electrons. The summed E-state index contributed by atoms with van der Waals surface area (Å²) in [6, 6.07) is 7.86. The lowest BCUT2D eigenvalue weighted by Gasteiger charge is -2.26. The van der Waals surface area contributed by atoms with Crippen molar-refractivity contribution in [2.24, 2.45) is 5.92 Å². The predicted octanol–water partition coefficient (Wildman–Crippen LogP) is 3.13. The zero-order valence-corrected chi connectivity index (χ0v) is 15.1. The minimum atomic E-state index is -4.23. The SMILES string of the molecule is O=C(CCc1c[nH]c2ccccc12)NCc1nnc2n1C[C@@H](C(F)(F)F)CC2. The highest BCUT2D eigenvalue weighted by molar-refractivity contribution is 5.84. The number of nitrogens with zero attached hydrogens (tertiary/aromatic N) is 3.